The summed E-state index contributed by atoms with van der Waals surface area (Å²) in [6.07, 6.45) is -1.24. The van der Waals surface area contributed by atoms with Gasteiger partial charge in [-0.15, -0.1) is 24.8 Å². The molecule has 3 heterocycles. The smallest absolute Gasteiger partial charge is 0.257 e. The van der Waals surface area contributed by atoms with Crippen LogP contribution in [0.4, 0.5) is 4.39 Å². The van der Waals surface area contributed by atoms with Crippen LogP contribution in [0.15, 0.2) is 42.5 Å². The number of nitrogens with zero attached hydrogens (tertiary/aromatic N) is 3. The number of fused-ring (bicyclic) bond motifs is 2. The molecule has 1 saturated heterocycles. The Balaban J connectivity index is 0.00000220. The molecule has 0 spiro atoms. The second-order valence-electron chi connectivity index (χ2n) is 10.7. The van der Waals surface area contributed by atoms with Crippen LogP contribution in [0.5, 0.6) is 11.5 Å². The molecule has 1 unspecified atom stereocenters. The number of ether oxygens (including phenoxy) is 2. The number of amides is 1. The Hall–Kier alpha value is -2.14. The van der Waals surface area contributed by atoms with Gasteiger partial charge in [0, 0.05) is 54.7 Å². The molecule has 3 aliphatic heterocycles. The number of likely N-dealkylation sites (tertiary alicyclic amines) is 1. The van der Waals surface area contributed by atoms with E-state index in [4.69, 9.17) is 14.6 Å². The number of piperidine rings is 1. The lowest BCUT2D eigenvalue weighted by atomic mass is 10.00. The highest BCUT2D eigenvalue weighted by atomic mass is 35.5. The van der Waals surface area contributed by atoms with Crippen molar-refractivity contribution in [2.75, 3.05) is 52.4 Å². The summed E-state index contributed by atoms with van der Waals surface area (Å²) < 4.78 is 26.7. The Morgan fingerprint density at radius 3 is 2.62 bits per heavy atom. The van der Waals surface area contributed by atoms with Crippen molar-refractivity contribution in [1.82, 2.24) is 14.7 Å². The predicted molar refractivity (Wildman–Crippen MR) is 160 cm³/mol. The number of carbonyl (C=O) groups excluding carboxylic acids is 1. The van der Waals surface area contributed by atoms with Crippen LogP contribution in [0.3, 0.4) is 0 Å². The van der Waals surface area contributed by atoms with Crippen LogP contribution in [0, 0.1) is 0 Å². The van der Waals surface area contributed by atoms with Crippen LogP contribution < -0.4 is 9.47 Å². The summed E-state index contributed by atoms with van der Waals surface area (Å²) in [5, 5.41) is 20.0. The molecule has 40 heavy (non-hydrogen) atoms. The maximum Gasteiger partial charge on any atom is 0.257 e. The zero-order valence-electron chi connectivity index (χ0n) is 22.8. The average Bonchev–Trinajstić information content (AvgIpc) is 3.00. The van der Waals surface area contributed by atoms with E-state index < -0.39 is 18.4 Å². The summed E-state index contributed by atoms with van der Waals surface area (Å²) in [4.78, 5) is 19.2. The van der Waals surface area contributed by atoms with Crippen molar-refractivity contribution >= 4 is 30.7 Å². The summed E-state index contributed by atoms with van der Waals surface area (Å²) >= 11 is 0. The highest BCUT2D eigenvalue weighted by molar-refractivity contribution is 5.97. The van der Waals surface area contributed by atoms with E-state index in [0.717, 1.165) is 19.5 Å². The van der Waals surface area contributed by atoms with Crippen LogP contribution in [-0.2, 0) is 13.0 Å². The van der Waals surface area contributed by atoms with E-state index in [0.29, 0.717) is 49.7 Å². The molecule has 0 saturated carbocycles. The van der Waals surface area contributed by atoms with Crippen molar-refractivity contribution in [1.29, 1.82) is 0 Å². The Labute approximate surface area is 250 Å². The van der Waals surface area contributed by atoms with Gasteiger partial charge in [0.1, 0.15) is 29.9 Å². The number of halogens is 3. The predicted octanol–water partition coefficient (Wildman–Crippen LogP) is 3.45. The lowest BCUT2D eigenvalue weighted by Crippen LogP contribution is -2.47. The van der Waals surface area contributed by atoms with E-state index in [-0.39, 0.29) is 59.4 Å². The molecule has 5 rings (SSSR count). The first kappa shape index (κ1) is 32.4. The van der Waals surface area contributed by atoms with Crippen LogP contribution >= 0.6 is 24.8 Å². The van der Waals surface area contributed by atoms with Crippen molar-refractivity contribution in [2.45, 2.75) is 50.8 Å². The summed E-state index contributed by atoms with van der Waals surface area (Å²) in [5.74, 6) is 0.684. The van der Waals surface area contributed by atoms with Crippen molar-refractivity contribution in [3.8, 4) is 11.5 Å². The quantitative estimate of drug-likeness (QED) is 0.478. The van der Waals surface area contributed by atoms with E-state index in [1.165, 1.54) is 11.1 Å². The zero-order chi connectivity index (χ0) is 26.6. The van der Waals surface area contributed by atoms with Crippen LogP contribution in [0.2, 0.25) is 0 Å². The fourth-order valence-corrected chi connectivity index (χ4v) is 5.74. The molecule has 4 atom stereocenters. The number of benzene rings is 2. The maximum atomic E-state index is 14.7. The molecule has 3 aliphatic rings. The molecule has 0 radical (unpaired) electrons. The Bertz CT molecular complexity index is 1140. The number of carbonyl (C=O) groups is 1. The lowest BCUT2D eigenvalue weighted by molar-refractivity contribution is 0.0166. The molecule has 0 bridgehead atoms. The number of β-amino-alcohol motifs (C(OH)–C–C–N with tert-alkyl or cyclic N) is 2. The minimum Gasteiger partial charge on any atom is -0.488 e. The number of hydrogen-bond acceptors (Lipinski definition) is 7. The van der Waals surface area contributed by atoms with Crippen LogP contribution in [0.25, 0.3) is 0 Å². The van der Waals surface area contributed by atoms with E-state index in [9.17, 15) is 14.3 Å². The molecule has 11 heteroatoms. The Kier molecular flexibility index (Phi) is 11.9. The van der Waals surface area contributed by atoms with Gasteiger partial charge < -0.3 is 24.6 Å². The molecule has 1 fully saturated rings. The van der Waals surface area contributed by atoms with Gasteiger partial charge in [-0.1, -0.05) is 24.3 Å². The highest BCUT2D eigenvalue weighted by Gasteiger charge is 2.32. The molecular formula is C29H44Cl2FN3O5. The van der Waals surface area contributed by atoms with Gasteiger partial charge in [0.05, 0.1) is 24.8 Å². The molecule has 226 valence electrons. The minimum atomic E-state index is -1.17. The summed E-state index contributed by atoms with van der Waals surface area (Å²) in [6, 6.07) is 13.4. The fraction of sp³-hybridized carbons (Fsp3) is 0.552. The van der Waals surface area contributed by atoms with E-state index in [2.05, 4.69) is 23.1 Å². The van der Waals surface area contributed by atoms with Gasteiger partial charge in [-0.2, -0.15) is 0 Å². The van der Waals surface area contributed by atoms with Gasteiger partial charge in [0.25, 0.3) is 5.91 Å². The fourth-order valence-electron chi connectivity index (χ4n) is 5.74. The number of aliphatic hydroxyl groups is 2. The lowest BCUT2D eigenvalue weighted by Gasteiger charge is -2.34. The first-order chi connectivity index (χ1) is 18.4. The third-order valence-electron chi connectivity index (χ3n) is 7.66. The van der Waals surface area contributed by atoms with Crippen molar-refractivity contribution in [3.05, 3.63) is 59.2 Å². The second kappa shape index (κ2) is 14.7. The van der Waals surface area contributed by atoms with Gasteiger partial charge in [0.2, 0.25) is 0 Å². The SMILES string of the molecule is C[C@@H]1CN(C[C@H](O)CN2CCc3ccccc3C2)C(=O)c2ccc(OC3CCN(CCO)C[C@H]3F)cc2O1.Cl.Cl.[HH].[HH]. The summed E-state index contributed by atoms with van der Waals surface area (Å²) in [5.41, 5.74) is 3.07. The third kappa shape index (κ3) is 7.78. The van der Waals surface area contributed by atoms with E-state index in [1.807, 2.05) is 17.9 Å². The van der Waals surface area contributed by atoms with Crippen molar-refractivity contribution in [3.63, 3.8) is 0 Å². The maximum absolute atomic E-state index is 14.7. The monoisotopic (exact) mass is 603 g/mol. The van der Waals surface area contributed by atoms with Gasteiger partial charge in [0.15, 0.2) is 0 Å². The minimum absolute atomic E-state index is 0. The van der Waals surface area contributed by atoms with Crippen molar-refractivity contribution in [2.24, 2.45) is 0 Å². The van der Waals surface area contributed by atoms with Gasteiger partial charge in [-0.05, 0) is 43.0 Å². The molecule has 2 N–H and O–H groups in total. The zero-order valence-corrected chi connectivity index (χ0v) is 24.4. The number of hydrogen-bond donors (Lipinski definition) is 2. The number of aliphatic hydroxyl groups excluding tert-OH is 2. The Morgan fingerprint density at radius 2 is 1.88 bits per heavy atom. The second-order valence-corrected chi connectivity index (χ2v) is 10.7. The summed E-state index contributed by atoms with van der Waals surface area (Å²) in [6.45, 7) is 6.00. The topological polar surface area (TPSA) is 85.7 Å². The average molecular weight is 605 g/mol. The van der Waals surface area contributed by atoms with Crippen molar-refractivity contribution < 1.29 is 31.7 Å². The number of alkyl halides is 1. The highest BCUT2D eigenvalue weighted by Crippen LogP contribution is 2.31. The first-order valence-corrected chi connectivity index (χ1v) is 13.6. The Morgan fingerprint density at radius 1 is 1.10 bits per heavy atom. The van der Waals surface area contributed by atoms with E-state index in [1.54, 1.807) is 23.1 Å². The van der Waals surface area contributed by atoms with Crippen LogP contribution in [-0.4, -0.2) is 108 Å². The van der Waals surface area contributed by atoms with E-state index >= 15 is 0 Å². The molecule has 2 aromatic carbocycles. The summed E-state index contributed by atoms with van der Waals surface area (Å²) in [7, 11) is 0. The molecular weight excluding hydrogens is 560 g/mol. The van der Waals surface area contributed by atoms with Gasteiger partial charge >= 0.3 is 0 Å². The third-order valence-corrected chi connectivity index (χ3v) is 7.66. The molecule has 2 aromatic rings. The standard InChI is InChI=1S/C29H38FN3O5.2ClH.2H2/c1-20-15-33(18-23(35)17-32-10-8-21-4-2-3-5-22(21)16-32)29(36)25-7-6-24(14-28(25)37-20)38-27-9-11-31(12-13-34)19-26(27)30;;;;/h2-7,14,20,23,26-27,34-35H,8-13,15-19H2,1H3;4*1H/t20-,23-,26-,27?;;;;/m1..../s1. The van der Waals surface area contributed by atoms with Gasteiger partial charge in [-0.3, -0.25) is 14.6 Å². The van der Waals surface area contributed by atoms with Crippen LogP contribution in [0.1, 0.15) is 37.7 Å². The van der Waals surface area contributed by atoms with Gasteiger partial charge in [-0.25, -0.2) is 4.39 Å². The molecule has 8 nitrogen and oxygen atoms in total. The number of rotatable bonds is 8. The molecule has 1 amide bonds. The first-order valence-electron chi connectivity index (χ1n) is 13.6. The molecule has 0 aliphatic carbocycles. The molecule has 0 aromatic heterocycles. The normalized spacial score (nSPS) is 23.9. The largest absolute Gasteiger partial charge is 0.488 e.